The molecule has 4 rings (SSSR count). The summed E-state index contributed by atoms with van der Waals surface area (Å²) in [5, 5.41) is 2.54. The van der Waals surface area contributed by atoms with Crippen molar-refractivity contribution in [2.75, 3.05) is 5.32 Å². The molecule has 192 valence electrons. The molecule has 0 amide bonds. The molecule has 1 heterocycles. The van der Waals surface area contributed by atoms with Crippen LogP contribution in [0.5, 0.6) is 0 Å². The lowest BCUT2D eigenvalue weighted by Gasteiger charge is -2.17. The van der Waals surface area contributed by atoms with Crippen LogP contribution in [0.3, 0.4) is 0 Å². The highest BCUT2D eigenvalue weighted by atomic mass is 19.4. The number of aromatic nitrogens is 3. The molecule has 6 nitrogen and oxygen atoms in total. The molecule has 0 saturated carbocycles. The van der Waals surface area contributed by atoms with Crippen LogP contribution >= 0.6 is 0 Å². The van der Waals surface area contributed by atoms with Gasteiger partial charge in [-0.2, -0.15) is 31.3 Å². The lowest BCUT2D eigenvalue weighted by atomic mass is 10.1. The Morgan fingerprint density at radius 1 is 0.676 bits per heavy atom. The van der Waals surface area contributed by atoms with Crippen LogP contribution in [0.4, 0.5) is 38.0 Å². The third-order valence-corrected chi connectivity index (χ3v) is 5.37. The predicted octanol–water partition coefficient (Wildman–Crippen LogP) is 5.28. The Bertz CT molecular complexity index is 1530. The van der Waals surface area contributed by atoms with Crippen LogP contribution in [0.1, 0.15) is 22.3 Å². The van der Waals surface area contributed by atoms with Gasteiger partial charge in [0.2, 0.25) is 5.95 Å². The topological polar surface area (TPSA) is 68.9 Å². The second-order valence-corrected chi connectivity index (χ2v) is 8.06. The van der Waals surface area contributed by atoms with Crippen molar-refractivity contribution in [1.82, 2.24) is 14.1 Å². The van der Waals surface area contributed by atoms with E-state index in [2.05, 4.69) is 10.3 Å². The van der Waals surface area contributed by atoms with Gasteiger partial charge in [-0.15, -0.1) is 0 Å². The van der Waals surface area contributed by atoms with Crippen LogP contribution in [0.25, 0.3) is 0 Å². The average Bonchev–Trinajstić information content (AvgIpc) is 2.84. The van der Waals surface area contributed by atoms with E-state index in [4.69, 9.17) is 0 Å². The monoisotopic (exact) mass is 520 g/mol. The van der Waals surface area contributed by atoms with E-state index in [1.54, 1.807) is 30.3 Å². The number of nitrogens with zero attached hydrogens (tertiary/aromatic N) is 3. The Kier molecular flexibility index (Phi) is 6.92. The third-order valence-electron chi connectivity index (χ3n) is 5.37. The molecule has 1 aromatic heterocycles. The first-order valence-corrected chi connectivity index (χ1v) is 10.8. The highest BCUT2D eigenvalue weighted by molar-refractivity contribution is 5.55. The maximum Gasteiger partial charge on any atom is 0.416 e. The third kappa shape index (κ3) is 6.08. The highest BCUT2D eigenvalue weighted by Gasteiger charge is 2.31. The molecular weight excluding hydrogens is 502 g/mol. The van der Waals surface area contributed by atoms with Gasteiger partial charge < -0.3 is 5.32 Å². The van der Waals surface area contributed by atoms with Gasteiger partial charge in [-0.05, 0) is 41.5 Å². The maximum atomic E-state index is 13.4. The molecule has 0 unspecified atom stereocenters. The number of halogens is 6. The van der Waals surface area contributed by atoms with E-state index in [0.29, 0.717) is 5.56 Å². The summed E-state index contributed by atoms with van der Waals surface area (Å²) in [6.07, 6.45) is -9.29. The van der Waals surface area contributed by atoms with Crippen molar-refractivity contribution in [3.05, 3.63) is 122 Å². The first-order valence-electron chi connectivity index (χ1n) is 10.8. The average molecular weight is 520 g/mol. The summed E-state index contributed by atoms with van der Waals surface area (Å²) in [5.41, 5.74) is -3.29. The molecule has 4 aromatic rings. The van der Waals surface area contributed by atoms with Crippen molar-refractivity contribution >= 4 is 11.6 Å². The van der Waals surface area contributed by atoms with Gasteiger partial charge in [0.15, 0.2) is 0 Å². The summed E-state index contributed by atoms with van der Waals surface area (Å²) in [6, 6.07) is 16.7. The van der Waals surface area contributed by atoms with Crippen LogP contribution in [-0.2, 0) is 25.4 Å². The number of nitrogens with one attached hydrogen (secondary N) is 1. The fraction of sp³-hybridized carbons (Fsp3) is 0.160. The summed E-state index contributed by atoms with van der Waals surface area (Å²) in [7, 11) is 0. The predicted molar refractivity (Wildman–Crippen MR) is 124 cm³/mol. The van der Waals surface area contributed by atoms with Crippen LogP contribution in [-0.4, -0.2) is 14.1 Å². The first kappa shape index (κ1) is 25.7. The second kappa shape index (κ2) is 9.96. The molecule has 0 spiro atoms. The largest absolute Gasteiger partial charge is 0.416 e. The number of alkyl halides is 6. The van der Waals surface area contributed by atoms with Crippen molar-refractivity contribution in [3.8, 4) is 0 Å². The molecule has 0 aliphatic heterocycles. The number of benzene rings is 3. The maximum absolute atomic E-state index is 13.4. The normalized spacial score (nSPS) is 11.9. The van der Waals surface area contributed by atoms with E-state index in [1.807, 2.05) is 0 Å². The molecule has 0 bridgehead atoms. The number of rotatable bonds is 6. The Morgan fingerprint density at radius 2 is 1.24 bits per heavy atom. The van der Waals surface area contributed by atoms with Gasteiger partial charge in [0.05, 0.1) is 24.2 Å². The summed E-state index contributed by atoms with van der Waals surface area (Å²) < 4.78 is 80.8. The van der Waals surface area contributed by atoms with Gasteiger partial charge >= 0.3 is 23.7 Å². The zero-order valence-corrected chi connectivity index (χ0v) is 18.8. The zero-order valence-electron chi connectivity index (χ0n) is 18.8. The first-order chi connectivity index (χ1) is 17.4. The van der Waals surface area contributed by atoms with Crippen molar-refractivity contribution in [1.29, 1.82) is 0 Å². The highest BCUT2D eigenvalue weighted by Crippen LogP contribution is 2.32. The van der Waals surface area contributed by atoms with E-state index in [9.17, 15) is 35.9 Å². The molecule has 37 heavy (non-hydrogen) atoms. The van der Waals surface area contributed by atoms with Crippen LogP contribution < -0.4 is 16.7 Å². The minimum atomic E-state index is -4.65. The molecule has 12 heteroatoms. The second-order valence-electron chi connectivity index (χ2n) is 8.06. The summed E-state index contributed by atoms with van der Waals surface area (Å²) in [4.78, 5) is 29.9. The quantitative estimate of drug-likeness (QED) is 0.351. The molecule has 0 atom stereocenters. The minimum Gasteiger partial charge on any atom is -0.325 e. The van der Waals surface area contributed by atoms with Gasteiger partial charge in [-0.25, -0.2) is 14.2 Å². The molecule has 3 aromatic carbocycles. The van der Waals surface area contributed by atoms with Gasteiger partial charge in [0.25, 0.3) is 0 Å². The van der Waals surface area contributed by atoms with Crippen LogP contribution in [0.15, 0.2) is 88.5 Å². The van der Waals surface area contributed by atoms with Gasteiger partial charge in [-0.3, -0.25) is 4.57 Å². The standard InChI is InChI=1S/C25H18F6N4O2/c26-24(27,28)18-9-4-8-17(12-18)15-34-21(32-20-11-5-10-19(13-20)25(29,30)31)33-22(36)35(23(34)37)14-16-6-2-1-3-7-16/h1-13H,14-15H2,(H,32,33,36). The Labute approximate surface area is 205 Å². The summed E-state index contributed by atoms with van der Waals surface area (Å²) in [5.74, 6) is -0.420. The number of anilines is 2. The molecule has 0 radical (unpaired) electrons. The fourth-order valence-corrected chi connectivity index (χ4v) is 3.60. The van der Waals surface area contributed by atoms with Crippen molar-refractivity contribution in [2.45, 2.75) is 25.4 Å². The van der Waals surface area contributed by atoms with E-state index < -0.39 is 47.4 Å². The minimum absolute atomic E-state index is 0.0655. The fourth-order valence-electron chi connectivity index (χ4n) is 3.60. The van der Waals surface area contributed by atoms with Crippen molar-refractivity contribution < 1.29 is 26.3 Å². The Hall–Kier alpha value is -4.35. The Balaban J connectivity index is 1.81. The molecule has 0 aliphatic carbocycles. The van der Waals surface area contributed by atoms with E-state index in [-0.39, 0.29) is 17.8 Å². The van der Waals surface area contributed by atoms with Crippen LogP contribution in [0.2, 0.25) is 0 Å². The van der Waals surface area contributed by atoms with Gasteiger partial charge in [-0.1, -0.05) is 48.5 Å². The number of hydrogen-bond donors (Lipinski definition) is 1. The SMILES string of the molecule is O=c1nc(Nc2cccc(C(F)(F)F)c2)n(Cc2cccc(C(F)(F)F)c2)c(=O)n1Cc1ccccc1. The van der Waals surface area contributed by atoms with Crippen molar-refractivity contribution in [2.24, 2.45) is 0 Å². The van der Waals surface area contributed by atoms with Crippen LogP contribution in [0, 0.1) is 0 Å². The molecule has 0 saturated heterocycles. The number of hydrogen-bond acceptors (Lipinski definition) is 4. The van der Waals surface area contributed by atoms with E-state index in [0.717, 1.165) is 45.5 Å². The molecule has 0 fully saturated rings. The Morgan fingerprint density at radius 3 is 1.89 bits per heavy atom. The lowest BCUT2D eigenvalue weighted by Crippen LogP contribution is -2.43. The zero-order chi connectivity index (χ0) is 26.8. The van der Waals surface area contributed by atoms with Gasteiger partial charge in [0, 0.05) is 5.69 Å². The summed E-state index contributed by atoms with van der Waals surface area (Å²) >= 11 is 0. The molecule has 0 aliphatic rings. The van der Waals surface area contributed by atoms with Gasteiger partial charge in [0.1, 0.15) is 0 Å². The van der Waals surface area contributed by atoms with E-state index in [1.165, 1.54) is 12.1 Å². The molecular formula is C25H18F6N4O2. The smallest absolute Gasteiger partial charge is 0.325 e. The lowest BCUT2D eigenvalue weighted by molar-refractivity contribution is -0.138. The molecule has 1 N–H and O–H groups in total. The van der Waals surface area contributed by atoms with E-state index >= 15 is 0 Å². The summed E-state index contributed by atoms with van der Waals surface area (Å²) in [6.45, 7) is -0.607. The van der Waals surface area contributed by atoms with Crippen molar-refractivity contribution in [3.63, 3.8) is 0 Å².